The van der Waals surface area contributed by atoms with Gasteiger partial charge < -0.3 is 10.6 Å². The molecular weight excluding hydrogens is 326 g/mol. The maximum atomic E-state index is 12.1. The topological polar surface area (TPSA) is 77.6 Å². The van der Waals surface area contributed by atoms with Crippen LogP contribution in [-0.4, -0.2) is 71.4 Å². The van der Waals surface area contributed by atoms with Crippen molar-refractivity contribution in [2.75, 3.05) is 38.0 Å². The molecule has 2 amide bonds. The lowest BCUT2D eigenvalue weighted by molar-refractivity contribution is -0.127. The Balaban J connectivity index is 1.39. The van der Waals surface area contributed by atoms with Crippen LogP contribution in [0.4, 0.5) is 5.13 Å². The van der Waals surface area contributed by atoms with Gasteiger partial charge in [0, 0.05) is 37.6 Å². The average Bonchev–Trinajstić information content (AvgIpc) is 3.28. The van der Waals surface area contributed by atoms with Crippen LogP contribution in [0.3, 0.4) is 0 Å². The van der Waals surface area contributed by atoms with Gasteiger partial charge >= 0.3 is 0 Å². The second-order valence-electron chi connectivity index (χ2n) is 6.61. The Morgan fingerprint density at radius 1 is 1.33 bits per heavy atom. The van der Waals surface area contributed by atoms with E-state index in [0.717, 1.165) is 44.7 Å². The molecule has 1 saturated heterocycles. The standard InChI is InChI=1S/C16H25N5O2S/c1-11-10-24-16(17-11)19-14(22)9-20-5-7-21(8-6-20)12(2)15(23)18-13-3-4-13/h10,12-13H,3-9H2,1-2H3,(H,18,23)(H,17,19,22). The van der Waals surface area contributed by atoms with Crippen LogP contribution in [0.1, 0.15) is 25.5 Å². The molecular formula is C16H25N5O2S. The molecule has 1 aliphatic carbocycles. The highest BCUT2D eigenvalue weighted by Gasteiger charge is 2.30. The summed E-state index contributed by atoms with van der Waals surface area (Å²) >= 11 is 1.44. The Kier molecular flexibility index (Phi) is 5.47. The fourth-order valence-corrected chi connectivity index (χ4v) is 3.50. The Morgan fingerprint density at radius 3 is 2.62 bits per heavy atom. The summed E-state index contributed by atoms with van der Waals surface area (Å²) in [6.07, 6.45) is 2.22. The van der Waals surface area contributed by atoms with E-state index in [9.17, 15) is 9.59 Å². The molecule has 1 aromatic heterocycles. The van der Waals surface area contributed by atoms with E-state index in [1.807, 2.05) is 19.2 Å². The van der Waals surface area contributed by atoms with Crippen LogP contribution < -0.4 is 10.6 Å². The lowest BCUT2D eigenvalue weighted by Gasteiger charge is -2.37. The van der Waals surface area contributed by atoms with Gasteiger partial charge in [-0.15, -0.1) is 11.3 Å². The molecule has 2 N–H and O–H groups in total. The average molecular weight is 351 g/mol. The first kappa shape index (κ1) is 17.3. The Labute approximate surface area is 146 Å². The number of thiazole rings is 1. The Bertz CT molecular complexity index is 593. The molecule has 1 unspecified atom stereocenters. The lowest BCUT2D eigenvalue weighted by atomic mass is 10.2. The van der Waals surface area contributed by atoms with Gasteiger partial charge in [0.1, 0.15) is 0 Å². The van der Waals surface area contributed by atoms with E-state index in [0.29, 0.717) is 17.7 Å². The molecule has 3 rings (SSSR count). The van der Waals surface area contributed by atoms with E-state index in [4.69, 9.17) is 0 Å². The van der Waals surface area contributed by atoms with Gasteiger partial charge in [-0.2, -0.15) is 0 Å². The molecule has 8 heteroatoms. The highest BCUT2D eigenvalue weighted by atomic mass is 32.1. The molecule has 0 spiro atoms. The summed E-state index contributed by atoms with van der Waals surface area (Å²) < 4.78 is 0. The van der Waals surface area contributed by atoms with Gasteiger partial charge in [0.15, 0.2) is 5.13 Å². The first-order valence-corrected chi connectivity index (χ1v) is 9.38. The zero-order valence-corrected chi connectivity index (χ0v) is 15.1. The summed E-state index contributed by atoms with van der Waals surface area (Å²) in [5.74, 6) is 0.0974. The van der Waals surface area contributed by atoms with Crippen molar-refractivity contribution in [1.29, 1.82) is 0 Å². The van der Waals surface area contributed by atoms with Crippen molar-refractivity contribution in [3.05, 3.63) is 11.1 Å². The molecule has 7 nitrogen and oxygen atoms in total. The minimum absolute atomic E-state index is 0.0303. The minimum Gasteiger partial charge on any atom is -0.352 e. The van der Waals surface area contributed by atoms with Gasteiger partial charge in [0.25, 0.3) is 0 Å². The fourth-order valence-electron chi connectivity index (χ4n) is 2.80. The summed E-state index contributed by atoms with van der Waals surface area (Å²) in [7, 11) is 0. The zero-order valence-electron chi connectivity index (χ0n) is 14.2. The number of piperazine rings is 1. The van der Waals surface area contributed by atoms with Crippen LogP contribution in [0, 0.1) is 6.92 Å². The third kappa shape index (κ3) is 4.75. The van der Waals surface area contributed by atoms with Crippen LogP contribution in [-0.2, 0) is 9.59 Å². The number of aromatic nitrogens is 1. The number of hydrogen-bond acceptors (Lipinski definition) is 6. The summed E-state index contributed by atoms with van der Waals surface area (Å²) in [6, 6.07) is 0.305. The molecule has 1 aliphatic heterocycles. The molecule has 0 radical (unpaired) electrons. The van der Waals surface area contributed by atoms with Crippen molar-refractivity contribution in [3.63, 3.8) is 0 Å². The first-order valence-electron chi connectivity index (χ1n) is 8.50. The highest BCUT2D eigenvalue weighted by Crippen LogP contribution is 2.19. The largest absolute Gasteiger partial charge is 0.352 e. The lowest BCUT2D eigenvalue weighted by Crippen LogP contribution is -2.55. The van der Waals surface area contributed by atoms with Crippen LogP contribution in [0.5, 0.6) is 0 Å². The molecule has 2 heterocycles. The number of carbonyl (C=O) groups excluding carboxylic acids is 2. The normalized spacial score (nSPS) is 20.6. The van der Waals surface area contributed by atoms with Crippen molar-refractivity contribution in [3.8, 4) is 0 Å². The predicted octanol–water partition coefficient (Wildman–Crippen LogP) is 0.675. The van der Waals surface area contributed by atoms with E-state index in [1.165, 1.54) is 11.3 Å². The van der Waals surface area contributed by atoms with Crippen molar-refractivity contribution in [2.45, 2.75) is 38.8 Å². The highest BCUT2D eigenvalue weighted by molar-refractivity contribution is 7.13. The number of aryl methyl sites for hydroxylation is 1. The van der Waals surface area contributed by atoms with Crippen molar-refractivity contribution < 1.29 is 9.59 Å². The van der Waals surface area contributed by atoms with Crippen LogP contribution >= 0.6 is 11.3 Å². The van der Waals surface area contributed by atoms with Crippen LogP contribution in [0.15, 0.2) is 5.38 Å². The monoisotopic (exact) mass is 351 g/mol. The number of amides is 2. The quantitative estimate of drug-likeness (QED) is 0.788. The smallest absolute Gasteiger partial charge is 0.240 e. The minimum atomic E-state index is -0.0973. The van der Waals surface area contributed by atoms with Crippen LogP contribution in [0.2, 0.25) is 0 Å². The summed E-state index contributed by atoms with van der Waals surface area (Å²) in [5, 5.41) is 8.47. The van der Waals surface area contributed by atoms with Crippen molar-refractivity contribution in [1.82, 2.24) is 20.1 Å². The number of nitrogens with one attached hydrogen (secondary N) is 2. The number of hydrogen-bond donors (Lipinski definition) is 2. The van der Waals surface area contributed by atoms with E-state index in [-0.39, 0.29) is 17.9 Å². The van der Waals surface area contributed by atoms with E-state index < -0.39 is 0 Å². The zero-order chi connectivity index (χ0) is 17.1. The van der Waals surface area contributed by atoms with Gasteiger partial charge in [-0.3, -0.25) is 19.4 Å². The number of carbonyl (C=O) groups is 2. The third-order valence-electron chi connectivity index (χ3n) is 4.49. The SMILES string of the molecule is Cc1csc(NC(=O)CN2CCN(C(C)C(=O)NC3CC3)CC2)n1. The molecule has 1 saturated carbocycles. The van der Waals surface area contributed by atoms with E-state index in [2.05, 4.69) is 25.4 Å². The third-order valence-corrected chi connectivity index (χ3v) is 5.37. The van der Waals surface area contributed by atoms with Gasteiger partial charge in [-0.05, 0) is 26.7 Å². The summed E-state index contributed by atoms with van der Waals surface area (Å²) in [6.45, 7) is 7.45. The molecule has 1 atom stereocenters. The van der Waals surface area contributed by atoms with Gasteiger partial charge in [-0.1, -0.05) is 0 Å². The predicted molar refractivity (Wildman–Crippen MR) is 94.1 cm³/mol. The van der Waals surface area contributed by atoms with Gasteiger partial charge in [-0.25, -0.2) is 4.98 Å². The molecule has 1 aromatic rings. The maximum Gasteiger partial charge on any atom is 0.240 e. The second-order valence-corrected chi connectivity index (χ2v) is 7.47. The van der Waals surface area contributed by atoms with Gasteiger partial charge in [0.05, 0.1) is 18.3 Å². The number of nitrogens with zero attached hydrogens (tertiary/aromatic N) is 3. The van der Waals surface area contributed by atoms with Gasteiger partial charge in [0.2, 0.25) is 11.8 Å². The van der Waals surface area contributed by atoms with E-state index in [1.54, 1.807) is 0 Å². The molecule has 0 bridgehead atoms. The molecule has 2 aliphatic rings. The fraction of sp³-hybridized carbons (Fsp3) is 0.688. The Morgan fingerprint density at radius 2 is 2.04 bits per heavy atom. The summed E-state index contributed by atoms with van der Waals surface area (Å²) in [4.78, 5) is 32.8. The first-order chi connectivity index (χ1) is 11.5. The summed E-state index contributed by atoms with van der Waals surface area (Å²) in [5.41, 5.74) is 0.919. The number of anilines is 1. The molecule has 0 aromatic carbocycles. The van der Waals surface area contributed by atoms with Crippen molar-refractivity contribution in [2.24, 2.45) is 0 Å². The molecule has 24 heavy (non-hydrogen) atoms. The Hall–Kier alpha value is -1.51. The number of rotatable bonds is 6. The van der Waals surface area contributed by atoms with Crippen LogP contribution in [0.25, 0.3) is 0 Å². The molecule has 132 valence electrons. The second kappa shape index (κ2) is 7.58. The van der Waals surface area contributed by atoms with Crippen molar-refractivity contribution >= 4 is 28.3 Å². The molecule has 2 fully saturated rings. The maximum absolute atomic E-state index is 12.1. The van der Waals surface area contributed by atoms with E-state index >= 15 is 0 Å².